The lowest BCUT2D eigenvalue weighted by Gasteiger charge is -2.26. The molecule has 2 unspecified atom stereocenters. The monoisotopic (exact) mass is 227 g/mol. The zero-order chi connectivity index (χ0) is 12.0. The average Bonchev–Trinajstić information content (AvgIpc) is 2.16. The summed E-state index contributed by atoms with van der Waals surface area (Å²) >= 11 is 0. The molecule has 1 aliphatic rings. The van der Waals surface area contributed by atoms with Crippen LogP contribution in [0, 0.1) is 11.8 Å². The molecule has 92 valence electrons. The van der Waals surface area contributed by atoms with Gasteiger partial charge >= 0.3 is 6.03 Å². The summed E-state index contributed by atoms with van der Waals surface area (Å²) in [6.07, 6.45) is 5.05. The highest BCUT2D eigenvalue weighted by atomic mass is 16.2. The predicted molar refractivity (Wildman–Crippen MR) is 61.7 cm³/mol. The van der Waals surface area contributed by atoms with Crippen molar-refractivity contribution in [2.45, 2.75) is 32.6 Å². The van der Waals surface area contributed by atoms with Crippen LogP contribution in [0.2, 0.25) is 0 Å². The van der Waals surface area contributed by atoms with Gasteiger partial charge in [0.15, 0.2) is 0 Å². The lowest BCUT2D eigenvalue weighted by atomic mass is 9.82. The van der Waals surface area contributed by atoms with Crippen LogP contribution >= 0.6 is 0 Å². The molecule has 4 N–H and O–H groups in total. The Morgan fingerprint density at radius 3 is 2.75 bits per heavy atom. The largest absolute Gasteiger partial charge is 0.351 e. The third kappa shape index (κ3) is 5.11. The molecule has 0 aromatic heterocycles. The van der Waals surface area contributed by atoms with Gasteiger partial charge in [0.1, 0.15) is 0 Å². The molecule has 1 aliphatic carbocycles. The molecule has 0 spiro atoms. The fraction of sp³-hybridized carbons (Fsp3) is 0.818. The second kappa shape index (κ2) is 6.48. The predicted octanol–water partition coefficient (Wildman–Crippen LogP) is 0.597. The van der Waals surface area contributed by atoms with Gasteiger partial charge in [-0.05, 0) is 31.2 Å². The highest BCUT2D eigenvalue weighted by molar-refractivity contribution is 5.94. The lowest BCUT2D eigenvalue weighted by Crippen LogP contribution is -2.41. The molecule has 0 aromatic rings. The third-order valence-corrected chi connectivity index (χ3v) is 3.03. The van der Waals surface area contributed by atoms with Gasteiger partial charge in [-0.2, -0.15) is 0 Å². The van der Waals surface area contributed by atoms with E-state index in [1.807, 2.05) is 5.32 Å². The first-order valence-corrected chi connectivity index (χ1v) is 5.88. The lowest BCUT2D eigenvalue weighted by molar-refractivity contribution is -0.119. The van der Waals surface area contributed by atoms with E-state index in [-0.39, 0.29) is 12.5 Å². The van der Waals surface area contributed by atoms with Gasteiger partial charge in [-0.1, -0.05) is 19.8 Å². The maximum Gasteiger partial charge on any atom is 0.318 e. The van der Waals surface area contributed by atoms with E-state index in [1.54, 1.807) is 0 Å². The van der Waals surface area contributed by atoms with Gasteiger partial charge in [0.05, 0.1) is 6.54 Å². The van der Waals surface area contributed by atoms with Crippen LogP contribution in [-0.2, 0) is 4.79 Å². The van der Waals surface area contributed by atoms with Gasteiger partial charge in [0.25, 0.3) is 0 Å². The summed E-state index contributed by atoms with van der Waals surface area (Å²) in [5.41, 5.74) is 4.83. The minimum Gasteiger partial charge on any atom is -0.351 e. The summed E-state index contributed by atoms with van der Waals surface area (Å²) in [7, 11) is 0. The zero-order valence-electron chi connectivity index (χ0n) is 9.79. The number of nitrogens with two attached hydrogens (primary N) is 1. The Morgan fingerprint density at radius 2 is 2.12 bits per heavy atom. The molecule has 0 radical (unpaired) electrons. The molecular weight excluding hydrogens is 206 g/mol. The van der Waals surface area contributed by atoms with Crippen LogP contribution in [0.3, 0.4) is 0 Å². The first-order chi connectivity index (χ1) is 7.58. The fourth-order valence-corrected chi connectivity index (χ4v) is 2.32. The molecule has 1 rings (SSSR count). The Morgan fingerprint density at radius 1 is 1.38 bits per heavy atom. The number of nitrogens with one attached hydrogen (secondary N) is 2. The Hall–Kier alpha value is -1.10. The molecule has 16 heavy (non-hydrogen) atoms. The van der Waals surface area contributed by atoms with Crippen molar-refractivity contribution in [1.29, 1.82) is 0 Å². The van der Waals surface area contributed by atoms with Crippen molar-refractivity contribution in [3.63, 3.8) is 0 Å². The maximum atomic E-state index is 11.1. The molecule has 1 saturated carbocycles. The highest BCUT2D eigenvalue weighted by Crippen LogP contribution is 2.27. The Bertz CT molecular complexity index is 256. The molecule has 5 heteroatoms. The van der Waals surface area contributed by atoms with E-state index in [4.69, 9.17) is 5.73 Å². The van der Waals surface area contributed by atoms with Crippen LogP contribution in [0.4, 0.5) is 4.79 Å². The van der Waals surface area contributed by atoms with E-state index in [0.29, 0.717) is 5.92 Å². The number of amides is 3. The SMILES string of the molecule is CC1CCCC(CNCC(=O)NC(N)=O)C1. The normalized spacial score (nSPS) is 25.1. The van der Waals surface area contributed by atoms with Crippen molar-refractivity contribution in [3.05, 3.63) is 0 Å². The smallest absolute Gasteiger partial charge is 0.318 e. The van der Waals surface area contributed by atoms with Crippen LogP contribution < -0.4 is 16.4 Å². The molecule has 2 atom stereocenters. The molecule has 0 aromatic carbocycles. The van der Waals surface area contributed by atoms with Gasteiger partial charge < -0.3 is 11.1 Å². The van der Waals surface area contributed by atoms with Crippen molar-refractivity contribution in [3.8, 4) is 0 Å². The third-order valence-electron chi connectivity index (χ3n) is 3.03. The second-order valence-electron chi connectivity index (χ2n) is 4.68. The van der Waals surface area contributed by atoms with E-state index in [2.05, 4.69) is 12.2 Å². The topological polar surface area (TPSA) is 84.2 Å². The molecule has 0 heterocycles. The molecule has 0 saturated heterocycles. The standard InChI is InChI=1S/C11H21N3O2/c1-8-3-2-4-9(5-8)6-13-7-10(15)14-11(12)16/h8-9,13H,2-7H2,1H3,(H3,12,14,15,16). The average molecular weight is 227 g/mol. The van der Waals surface area contributed by atoms with Gasteiger partial charge in [0, 0.05) is 0 Å². The Balaban J connectivity index is 2.10. The molecular formula is C11H21N3O2. The van der Waals surface area contributed by atoms with Crippen molar-refractivity contribution >= 4 is 11.9 Å². The highest BCUT2D eigenvalue weighted by Gasteiger charge is 2.18. The van der Waals surface area contributed by atoms with Crippen molar-refractivity contribution in [1.82, 2.24) is 10.6 Å². The molecule has 1 fully saturated rings. The number of hydrogen-bond acceptors (Lipinski definition) is 3. The summed E-state index contributed by atoms with van der Waals surface area (Å²) in [5, 5.41) is 5.09. The minimum atomic E-state index is -0.793. The van der Waals surface area contributed by atoms with Crippen LogP contribution in [0.25, 0.3) is 0 Å². The number of hydrogen-bond donors (Lipinski definition) is 3. The van der Waals surface area contributed by atoms with Crippen LogP contribution in [0.5, 0.6) is 0 Å². The molecule has 3 amide bonds. The number of urea groups is 1. The van der Waals surface area contributed by atoms with Gasteiger partial charge in [0.2, 0.25) is 5.91 Å². The summed E-state index contributed by atoms with van der Waals surface area (Å²) in [6.45, 7) is 3.27. The van der Waals surface area contributed by atoms with Crippen molar-refractivity contribution in [2.24, 2.45) is 17.6 Å². The maximum absolute atomic E-state index is 11.1. The number of primary amides is 1. The van der Waals surface area contributed by atoms with Crippen molar-refractivity contribution in [2.75, 3.05) is 13.1 Å². The van der Waals surface area contributed by atoms with Crippen molar-refractivity contribution < 1.29 is 9.59 Å². The first-order valence-electron chi connectivity index (χ1n) is 5.88. The Kier molecular flexibility index (Phi) is 5.25. The van der Waals surface area contributed by atoms with Gasteiger partial charge in [-0.15, -0.1) is 0 Å². The van der Waals surface area contributed by atoms with E-state index >= 15 is 0 Å². The van der Waals surface area contributed by atoms with E-state index < -0.39 is 6.03 Å². The van der Waals surface area contributed by atoms with Gasteiger partial charge in [-0.25, -0.2) is 4.79 Å². The van der Waals surface area contributed by atoms with Crippen LogP contribution in [0.15, 0.2) is 0 Å². The quantitative estimate of drug-likeness (QED) is 0.657. The molecule has 0 bridgehead atoms. The number of imide groups is 1. The number of carbonyl (C=O) groups is 2. The Labute approximate surface area is 96.1 Å². The summed E-state index contributed by atoms with van der Waals surface area (Å²) in [5.74, 6) is 1.08. The van der Waals surface area contributed by atoms with E-state index in [0.717, 1.165) is 12.5 Å². The fourth-order valence-electron chi connectivity index (χ4n) is 2.32. The van der Waals surface area contributed by atoms with Crippen LogP contribution in [-0.4, -0.2) is 25.0 Å². The zero-order valence-corrected chi connectivity index (χ0v) is 9.79. The number of rotatable bonds is 4. The summed E-state index contributed by atoms with van der Waals surface area (Å²) in [4.78, 5) is 21.5. The molecule has 0 aliphatic heterocycles. The summed E-state index contributed by atoms with van der Waals surface area (Å²) in [6, 6.07) is -0.793. The van der Waals surface area contributed by atoms with E-state index in [1.165, 1.54) is 25.7 Å². The van der Waals surface area contributed by atoms with E-state index in [9.17, 15) is 9.59 Å². The second-order valence-corrected chi connectivity index (χ2v) is 4.68. The first kappa shape index (κ1) is 13.0. The van der Waals surface area contributed by atoms with Crippen LogP contribution in [0.1, 0.15) is 32.6 Å². The van der Waals surface area contributed by atoms with Gasteiger partial charge in [-0.3, -0.25) is 10.1 Å². The number of carbonyl (C=O) groups excluding carboxylic acids is 2. The molecule has 5 nitrogen and oxygen atoms in total. The minimum absolute atomic E-state index is 0.161. The summed E-state index contributed by atoms with van der Waals surface area (Å²) < 4.78 is 0.